The van der Waals surface area contributed by atoms with E-state index in [4.69, 9.17) is 0 Å². The van der Waals surface area contributed by atoms with Crippen LogP contribution in [-0.2, 0) is 14.8 Å². The summed E-state index contributed by atoms with van der Waals surface area (Å²) in [7, 11) is -4.23. The Bertz CT molecular complexity index is 1150. The molecule has 1 saturated heterocycles. The number of halogens is 1. The van der Waals surface area contributed by atoms with Gasteiger partial charge in [0.15, 0.2) is 4.90 Å². The van der Waals surface area contributed by atoms with Gasteiger partial charge in [0.25, 0.3) is 16.8 Å². The van der Waals surface area contributed by atoms with Crippen molar-refractivity contribution in [1.82, 2.24) is 9.62 Å². The summed E-state index contributed by atoms with van der Waals surface area (Å²) in [6.45, 7) is -0.582. The lowest BCUT2D eigenvalue weighted by molar-refractivity contribution is -0.387. The largest absolute Gasteiger partial charge is 0.293 e. The van der Waals surface area contributed by atoms with Crippen LogP contribution in [0.3, 0.4) is 0 Å². The van der Waals surface area contributed by atoms with E-state index in [2.05, 4.69) is 4.72 Å². The molecule has 1 aliphatic heterocycles. The number of sulfonamides is 1. The topological polar surface area (TPSA) is 127 Å². The molecule has 0 atom stereocenters. The van der Waals surface area contributed by atoms with Gasteiger partial charge in [-0.3, -0.25) is 24.6 Å². The van der Waals surface area contributed by atoms with E-state index < -0.39 is 42.5 Å². The molecule has 0 aliphatic carbocycles. The minimum absolute atomic E-state index is 0.119. The highest BCUT2D eigenvalue weighted by atomic mass is 32.2. The number of hydrogen-bond donors (Lipinski definition) is 1. The molecule has 2 aromatic carbocycles. The van der Waals surface area contributed by atoms with Crippen LogP contribution in [0.1, 0.15) is 5.56 Å². The van der Waals surface area contributed by atoms with Crippen LogP contribution in [0.25, 0.3) is 6.08 Å². The Kier molecular flexibility index (Phi) is 6.29. The number of nitrogens with zero attached hydrogens (tertiary/aromatic N) is 2. The summed E-state index contributed by atoms with van der Waals surface area (Å²) in [5.41, 5.74) is -0.0580. The monoisotopic (exact) mass is 451 g/mol. The third-order valence-corrected chi connectivity index (χ3v) is 6.44. The zero-order chi connectivity index (χ0) is 21.9. The Morgan fingerprint density at radius 3 is 2.47 bits per heavy atom. The third-order valence-electron chi connectivity index (χ3n) is 4.02. The van der Waals surface area contributed by atoms with Gasteiger partial charge < -0.3 is 0 Å². The maximum absolute atomic E-state index is 13.0. The summed E-state index contributed by atoms with van der Waals surface area (Å²) < 4.78 is 39.9. The second-order valence-corrected chi connectivity index (χ2v) is 8.74. The van der Waals surface area contributed by atoms with Gasteiger partial charge in [0.1, 0.15) is 5.82 Å². The summed E-state index contributed by atoms with van der Waals surface area (Å²) in [5, 5.41) is 10.4. The number of carbonyl (C=O) groups is 2. The van der Waals surface area contributed by atoms with Crippen molar-refractivity contribution in [1.29, 1.82) is 0 Å². The number of thioether (sulfide) groups is 1. The lowest BCUT2D eigenvalue weighted by atomic mass is 10.2. The number of amides is 2. The van der Waals surface area contributed by atoms with Crippen LogP contribution in [0.4, 0.5) is 14.9 Å². The number of hydrogen-bond acceptors (Lipinski definition) is 7. The molecule has 0 saturated carbocycles. The number of imide groups is 1. The number of nitrogens with one attached hydrogen (secondary N) is 1. The van der Waals surface area contributed by atoms with Crippen molar-refractivity contribution in [3.05, 3.63) is 74.9 Å². The average molecular weight is 451 g/mol. The minimum atomic E-state index is -4.23. The maximum Gasteiger partial charge on any atom is 0.293 e. The molecule has 156 valence electrons. The molecule has 0 unspecified atom stereocenters. The SMILES string of the molecule is O=C1S/C(=C/c2ccc(F)cc2)C(=O)N1CCNS(=O)(=O)c1ccccc1[N+](=O)[O-]. The fraction of sp³-hybridized carbons (Fsp3) is 0.111. The molecule has 0 bridgehead atoms. The van der Waals surface area contributed by atoms with E-state index in [1.54, 1.807) is 0 Å². The van der Waals surface area contributed by atoms with Crippen molar-refractivity contribution in [3.63, 3.8) is 0 Å². The van der Waals surface area contributed by atoms with Gasteiger partial charge in [-0.05, 0) is 41.6 Å². The molecule has 0 radical (unpaired) electrons. The minimum Gasteiger partial charge on any atom is -0.268 e. The van der Waals surface area contributed by atoms with Gasteiger partial charge in [0, 0.05) is 19.2 Å². The first-order valence-electron chi connectivity index (χ1n) is 8.43. The smallest absolute Gasteiger partial charge is 0.268 e. The van der Waals surface area contributed by atoms with Crippen LogP contribution in [0.15, 0.2) is 58.3 Å². The van der Waals surface area contributed by atoms with Crippen LogP contribution in [0, 0.1) is 15.9 Å². The number of rotatable bonds is 7. The molecule has 30 heavy (non-hydrogen) atoms. The molecule has 2 amide bonds. The van der Waals surface area contributed by atoms with Crippen LogP contribution < -0.4 is 4.72 Å². The lowest BCUT2D eigenvalue weighted by Crippen LogP contribution is -2.37. The lowest BCUT2D eigenvalue weighted by Gasteiger charge is -2.13. The highest BCUT2D eigenvalue weighted by Gasteiger charge is 2.35. The first kappa shape index (κ1) is 21.6. The van der Waals surface area contributed by atoms with Gasteiger partial charge in [-0.15, -0.1) is 0 Å². The molecule has 1 heterocycles. The molecule has 9 nitrogen and oxygen atoms in total. The molecule has 1 aliphatic rings. The second kappa shape index (κ2) is 8.73. The van der Waals surface area contributed by atoms with Gasteiger partial charge >= 0.3 is 0 Å². The summed E-state index contributed by atoms with van der Waals surface area (Å²) in [6.07, 6.45) is 1.43. The van der Waals surface area contributed by atoms with Crippen molar-refractivity contribution in [2.75, 3.05) is 13.1 Å². The first-order chi connectivity index (χ1) is 14.2. The molecule has 3 rings (SSSR count). The van der Waals surface area contributed by atoms with Gasteiger partial charge in [-0.1, -0.05) is 24.3 Å². The zero-order valence-electron chi connectivity index (χ0n) is 15.1. The van der Waals surface area contributed by atoms with E-state index in [0.29, 0.717) is 17.3 Å². The highest BCUT2D eigenvalue weighted by molar-refractivity contribution is 8.18. The van der Waals surface area contributed by atoms with Crippen molar-refractivity contribution in [2.45, 2.75) is 4.90 Å². The van der Waals surface area contributed by atoms with E-state index in [-0.39, 0.29) is 18.0 Å². The molecule has 1 N–H and O–H groups in total. The molecule has 1 fully saturated rings. The predicted octanol–water partition coefficient (Wildman–Crippen LogP) is 2.75. The molecule has 2 aromatic rings. The third kappa shape index (κ3) is 4.72. The Labute approximate surface area is 174 Å². The number of nitro benzene ring substituents is 1. The Morgan fingerprint density at radius 2 is 1.80 bits per heavy atom. The van der Waals surface area contributed by atoms with E-state index >= 15 is 0 Å². The number of nitro groups is 1. The summed E-state index contributed by atoms with van der Waals surface area (Å²) in [5.74, 6) is -1.05. The normalized spacial score (nSPS) is 15.8. The fourth-order valence-electron chi connectivity index (χ4n) is 2.61. The zero-order valence-corrected chi connectivity index (χ0v) is 16.8. The molecular formula is C18H14FN3O6S2. The average Bonchev–Trinajstić information content (AvgIpc) is 2.97. The molecule has 0 spiro atoms. The van der Waals surface area contributed by atoms with Crippen molar-refractivity contribution >= 4 is 44.7 Å². The molecule has 12 heteroatoms. The second-order valence-electron chi connectivity index (χ2n) is 6.01. The maximum atomic E-state index is 13.0. The van der Waals surface area contributed by atoms with Gasteiger partial charge in [0.2, 0.25) is 10.0 Å². The van der Waals surface area contributed by atoms with Gasteiger partial charge in [-0.25, -0.2) is 17.5 Å². The summed E-state index contributed by atoms with van der Waals surface area (Å²) in [4.78, 5) is 35.2. The summed E-state index contributed by atoms with van der Waals surface area (Å²) >= 11 is 0.680. The first-order valence-corrected chi connectivity index (χ1v) is 10.7. The van der Waals surface area contributed by atoms with Crippen LogP contribution in [0.5, 0.6) is 0 Å². The van der Waals surface area contributed by atoms with E-state index in [1.165, 1.54) is 42.5 Å². The Hall–Kier alpha value is -3.09. The summed E-state index contributed by atoms with van der Waals surface area (Å²) in [6, 6.07) is 10.2. The highest BCUT2D eigenvalue weighted by Crippen LogP contribution is 2.32. The van der Waals surface area contributed by atoms with Crippen LogP contribution in [0.2, 0.25) is 0 Å². The number of carbonyl (C=O) groups excluding carboxylic acids is 2. The van der Waals surface area contributed by atoms with Gasteiger partial charge in [0.05, 0.1) is 9.83 Å². The number of benzene rings is 2. The Balaban J connectivity index is 1.68. The fourth-order valence-corrected chi connectivity index (χ4v) is 4.66. The van der Waals surface area contributed by atoms with Crippen LogP contribution in [-0.4, -0.2) is 42.5 Å². The van der Waals surface area contributed by atoms with E-state index in [1.807, 2.05) is 0 Å². The standard InChI is InChI=1S/C18H14FN3O6S2/c19-13-7-5-12(6-8-13)11-15-17(23)21(18(24)29-15)10-9-20-30(27,28)16-4-2-1-3-14(16)22(25)26/h1-8,11,20H,9-10H2/b15-11+. The predicted molar refractivity (Wildman–Crippen MR) is 107 cm³/mol. The van der Waals surface area contributed by atoms with Crippen molar-refractivity contribution < 1.29 is 27.3 Å². The molecule has 0 aromatic heterocycles. The molecular weight excluding hydrogens is 437 g/mol. The quantitative estimate of drug-likeness (QED) is 0.390. The van der Waals surface area contributed by atoms with Crippen LogP contribution >= 0.6 is 11.8 Å². The van der Waals surface area contributed by atoms with E-state index in [0.717, 1.165) is 17.0 Å². The number of para-hydroxylation sites is 1. The van der Waals surface area contributed by atoms with E-state index in [9.17, 15) is 32.5 Å². The Morgan fingerprint density at radius 1 is 1.13 bits per heavy atom. The van der Waals surface area contributed by atoms with Crippen molar-refractivity contribution in [2.24, 2.45) is 0 Å². The van der Waals surface area contributed by atoms with Crippen molar-refractivity contribution in [3.8, 4) is 0 Å². The van der Waals surface area contributed by atoms with Gasteiger partial charge in [-0.2, -0.15) is 0 Å².